The fraction of sp³-hybridized carbons (Fsp3) is 0.688. The zero-order chi connectivity index (χ0) is 22.4. The number of nitrogens with one attached hydrogen (secondary N) is 4. The van der Waals surface area contributed by atoms with Gasteiger partial charge in [-0.05, 0) is 26.7 Å². The van der Waals surface area contributed by atoms with Crippen LogP contribution in [0.1, 0.15) is 33.1 Å². The van der Waals surface area contributed by atoms with Crippen molar-refractivity contribution in [2.75, 3.05) is 20.2 Å². The van der Waals surface area contributed by atoms with Crippen LogP contribution in [0.5, 0.6) is 0 Å². The Bertz CT molecular complexity index is 592. The van der Waals surface area contributed by atoms with Crippen LogP contribution in [0, 0.1) is 0 Å². The fourth-order valence-electron chi connectivity index (χ4n) is 2.09. The minimum Gasteiger partial charge on any atom is -0.481 e. The highest BCUT2D eigenvalue weighted by atomic mass is 16.5. The summed E-state index contributed by atoms with van der Waals surface area (Å²) >= 11 is 0. The van der Waals surface area contributed by atoms with Crippen LogP contribution in [0.25, 0.3) is 0 Å². The minimum atomic E-state index is -1.35. The van der Waals surface area contributed by atoms with Crippen molar-refractivity contribution in [2.45, 2.75) is 51.2 Å². The van der Waals surface area contributed by atoms with Gasteiger partial charge in [0.1, 0.15) is 6.04 Å². The molecule has 29 heavy (non-hydrogen) atoms. The van der Waals surface area contributed by atoms with E-state index in [1.807, 2.05) is 13.8 Å². The third-order valence-corrected chi connectivity index (χ3v) is 3.43. The molecule has 0 aromatic heterocycles. The van der Waals surface area contributed by atoms with Gasteiger partial charge in [0.2, 0.25) is 11.8 Å². The lowest BCUT2D eigenvalue weighted by Crippen LogP contribution is -2.54. The van der Waals surface area contributed by atoms with E-state index in [4.69, 9.17) is 16.6 Å². The number of aliphatic imine (C=N–C) groups is 1. The highest BCUT2D eigenvalue weighted by Gasteiger charge is 2.25. The number of aliphatic carboxylic acids is 1. The summed E-state index contributed by atoms with van der Waals surface area (Å²) in [6.45, 7) is 3.65. The summed E-state index contributed by atoms with van der Waals surface area (Å²) in [7, 11) is 1.07. The molecule has 9 N–H and O–H groups in total. The molecular weight excluding hydrogens is 386 g/mol. The van der Waals surface area contributed by atoms with Crippen molar-refractivity contribution < 1.29 is 29.0 Å². The molecule has 0 aromatic rings. The molecule has 2 amide bonds. The Balaban J connectivity index is 4.71. The molecule has 0 spiro atoms. The maximum atomic E-state index is 12.4. The largest absolute Gasteiger partial charge is 0.481 e. The van der Waals surface area contributed by atoms with E-state index in [1.54, 1.807) is 0 Å². The molecule has 0 aliphatic heterocycles. The number of carbonyl (C=O) groups excluding carboxylic acids is 3. The molecule has 0 radical (unpaired) electrons. The maximum Gasteiger partial charge on any atom is 0.328 e. The predicted molar refractivity (Wildman–Crippen MR) is 104 cm³/mol. The van der Waals surface area contributed by atoms with Crippen LogP contribution in [0.15, 0.2) is 4.99 Å². The third kappa shape index (κ3) is 13.0. The van der Waals surface area contributed by atoms with Crippen molar-refractivity contribution in [1.82, 2.24) is 21.5 Å². The van der Waals surface area contributed by atoms with Gasteiger partial charge in [-0.2, -0.15) is 0 Å². The molecule has 0 saturated heterocycles. The SMILES string of the molecule is COC(=O)[C@H](CC(=O)O)NC(=O)CNC(=O)[C@H](CCCN=C(N)N)NNC(C)C. The molecule has 13 heteroatoms. The summed E-state index contributed by atoms with van der Waals surface area (Å²) in [6, 6.07) is -1.96. The second-order valence-electron chi connectivity index (χ2n) is 6.40. The summed E-state index contributed by atoms with van der Waals surface area (Å²) in [5, 5.41) is 13.5. The highest BCUT2D eigenvalue weighted by Crippen LogP contribution is 1.99. The van der Waals surface area contributed by atoms with Gasteiger partial charge < -0.3 is 31.9 Å². The van der Waals surface area contributed by atoms with E-state index < -0.39 is 48.8 Å². The van der Waals surface area contributed by atoms with Gasteiger partial charge >= 0.3 is 11.9 Å². The Morgan fingerprint density at radius 2 is 1.76 bits per heavy atom. The molecule has 0 fully saturated rings. The van der Waals surface area contributed by atoms with E-state index in [1.165, 1.54) is 0 Å². The molecule has 0 rings (SSSR count). The zero-order valence-electron chi connectivity index (χ0n) is 16.9. The molecule has 2 atom stereocenters. The molecule has 0 aromatic carbocycles. The first-order chi connectivity index (χ1) is 13.6. The Labute approximate surface area is 169 Å². The van der Waals surface area contributed by atoms with Crippen LogP contribution in [-0.4, -0.2) is 73.1 Å². The normalized spacial score (nSPS) is 12.6. The van der Waals surface area contributed by atoms with Gasteiger partial charge in [0.25, 0.3) is 0 Å². The van der Waals surface area contributed by atoms with E-state index in [2.05, 4.69) is 31.2 Å². The topological polar surface area (TPSA) is 210 Å². The highest BCUT2D eigenvalue weighted by molar-refractivity contribution is 5.91. The quantitative estimate of drug-likeness (QED) is 0.0506. The number of hydrogen-bond donors (Lipinski definition) is 7. The number of esters is 1. The maximum absolute atomic E-state index is 12.4. The van der Waals surface area contributed by atoms with Crippen molar-refractivity contribution >= 4 is 29.7 Å². The summed E-state index contributed by atoms with van der Waals surface area (Å²) in [4.78, 5) is 50.5. The number of hydrogen-bond acceptors (Lipinski definition) is 8. The fourth-order valence-corrected chi connectivity index (χ4v) is 2.09. The van der Waals surface area contributed by atoms with Gasteiger partial charge in [0, 0.05) is 12.6 Å². The van der Waals surface area contributed by atoms with Crippen molar-refractivity contribution in [1.29, 1.82) is 0 Å². The summed E-state index contributed by atoms with van der Waals surface area (Å²) in [6.07, 6.45) is 0.255. The third-order valence-electron chi connectivity index (χ3n) is 3.43. The van der Waals surface area contributed by atoms with Gasteiger partial charge in [-0.1, -0.05) is 0 Å². The number of carboxylic acid groups (broad SMARTS) is 1. The average molecular weight is 417 g/mol. The van der Waals surface area contributed by atoms with Crippen molar-refractivity contribution in [2.24, 2.45) is 16.5 Å². The number of nitrogens with zero attached hydrogens (tertiary/aromatic N) is 1. The second kappa shape index (κ2) is 14.1. The first-order valence-electron chi connectivity index (χ1n) is 8.99. The molecule has 0 aliphatic rings. The lowest BCUT2D eigenvalue weighted by Gasteiger charge is -2.20. The number of amides is 2. The van der Waals surface area contributed by atoms with Gasteiger partial charge in [0.15, 0.2) is 5.96 Å². The number of nitrogens with two attached hydrogens (primary N) is 2. The van der Waals surface area contributed by atoms with E-state index >= 15 is 0 Å². The zero-order valence-corrected chi connectivity index (χ0v) is 16.9. The molecule has 0 unspecified atom stereocenters. The van der Waals surface area contributed by atoms with Crippen LogP contribution in [0.4, 0.5) is 0 Å². The number of guanidine groups is 1. The molecule has 0 aliphatic carbocycles. The minimum absolute atomic E-state index is 0.0440. The number of hydrazine groups is 1. The average Bonchev–Trinajstić information content (AvgIpc) is 2.63. The van der Waals surface area contributed by atoms with Gasteiger partial charge in [0.05, 0.1) is 26.1 Å². The summed E-state index contributed by atoms with van der Waals surface area (Å²) in [5.74, 6) is -3.42. The van der Waals surface area contributed by atoms with Crippen LogP contribution in [-0.2, 0) is 23.9 Å². The van der Waals surface area contributed by atoms with Gasteiger partial charge in [-0.15, -0.1) is 0 Å². The van der Waals surface area contributed by atoms with Crippen LogP contribution >= 0.6 is 0 Å². The van der Waals surface area contributed by atoms with Crippen molar-refractivity contribution in [3.8, 4) is 0 Å². The Morgan fingerprint density at radius 3 is 2.28 bits per heavy atom. The number of carboxylic acids is 1. The first-order valence-corrected chi connectivity index (χ1v) is 8.99. The number of rotatable bonds is 14. The second-order valence-corrected chi connectivity index (χ2v) is 6.40. The molecule has 166 valence electrons. The van der Waals surface area contributed by atoms with E-state index in [0.29, 0.717) is 19.4 Å². The lowest BCUT2D eigenvalue weighted by molar-refractivity contribution is -0.149. The summed E-state index contributed by atoms with van der Waals surface area (Å²) in [5.41, 5.74) is 16.3. The van der Waals surface area contributed by atoms with E-state index in [-0.39, 0.29) is 12.0 Å². The van der Waals surface area contributed by atoms with E-state index in [0.717, 1.165) is 7.11 Å². The molecular formula is C16H31N7O6. The first kappa shape index (κ1) is 26.1. The molecule has 13 nitrogen and oxygen atoms in total. The lowest BCUT2D eigenvalue weighted by atomic mass is 10.1. The predicted octanol–water partition coefficient (Wildman–Crippen LogP) is -2.84. The molecule has 0 saturated carbocycles. The van der Waals surface area contributed by atoms with Crippen LogP contribution in [0.2, 0.25) is 0 Å². The molecule has 0 heterocycles. The van der Waals surface area contributed by atoms with Gasteiger partial charge in [-0.3, -0.25) is 24.8 Å². The summed E-state index contributed by atoms with van der Waals surface area (Å²) < 4.78 is 4.45. The van der Waals surface area contributed by atoms with Crippen molar-refractivity contribution in [3.05, 3.63) is 0 Å². The van der Waals surface area contributed by atoms with Crippen LogP contribution in [0.3, 0.4) is 0 Å². The smallest absolute Gasteiger partial charge is 0.328 e. The van der Waals surface area contributed by atoms with Gasteiger partial charge in [-0.25, -0.2) is 10.2 Å². The Kier molecular flexibility index (Phi) is 12.7. The number of carbonyl (C=O) groups is 4. The Morgan fingerprint density at radius 1 is 1.10 bits per heavy atom. The number of ether oxygens (including phenoxy) is 1. The standard InChI is InChI=1S/C16H31N7O6/c1-9(2)22-23-10(5-4-6-19-16(17)18)14(27)20-8-12(24)21-11(7-13(25)26)15(28)29-3/h9-11,22-23H,4-8H2,1-3H3,(H,20,27)(H,21,24)(H,25,26)(H4,17,18,19)/t10-,11-/m0/s1. The molecule has 0 bridgehead atoms. The van der Waals surface area contributed by atoms with E-state index in [9.17, 15) is 19.2 Å². The Hall–Kier alpha value is -2.93. The monoisotopic (exact) mass is 417 g/mol. The van der Waals surface area contributed by atoms with Crippen molar-refractivity contribution in [3.63, 3.8) is 0 Å². The number of methoxy groups -OCH3 is 1. The van der Waals surface area contributed by atoms with Crippen LogP contribution < -0.4 is 33.0 Å².